The summed E-state index contributed by atoms with van der Waals surface area (Å²) in [4.78, 5) is 35.3. The third-order valence-electron chi connectivity index (χ3n) is 8.35. The summed E-state index contributed by atoms with van der Waals surface area (Å²) < 4.78 is 16.9. The van der Waals surface area contributed by atoms with E-state index in [0.29, 0.717) is 16.0 Å². The second-order valence-corrected chi connectivity index (χ2v) is 15.6. The normalized spacial score (nSPS) is 13.4. The maximum absolute atomic E-state index is 14.0. The highest BCUT2D eigenvalue weighted by molar-refractivity contribution is 7.87. The SMILES string of the molecule is CCOC(=O)c1c(N=P(c2ccccc2)(c2ccccc2)c2ccccc2)sc(/N=C(\Nc2ccccc2)N2CCCCC2)c1C(=O)OCC. The summed E-state index contributed by atoms with van der Waals surface area (Å²) in [6, 6.07) is 40.3. The Balaban J connectivity index is 1.69. The van der Waals surface area contributed by atoms with Crippen LogP contribution < -0.4 is 21.2 Å². The summed E-state index contributed by atoms with van der Waals surface area (Å²) in [5, 5.41) is 7.21. The van der Waals surface area contributed by atoms with Crippen LogP contribution in [0.15, 0.2) is 131 Å². The molecule has 10 heteroatoms. The number of ether oxygens (including phenoxy) is 2. The summed E-state index contributed by atoms with van der Waals surface area (Å²) in [6.45, 7) is 5.37. The lowest BCUT2D eigenvalue weighted by Crippen LogP contribution is -2.39. The van der Waals surface area contributed by atoms with Crippen molar-refractivity contribution in [2.75, 3.05) is 31.6 Å². The highest BCUT2D eigenvalue weighted by atomic mass is 32.1. The van der Waals surface area contributed by atoms with Gasteiger partial charge in [-0.25, -0.2) is 19.3 Å². The molecule has 6 rings (SSSR count). The van der Waals surface area contributed by atoms with Gasteiger partial charge in [-0.05, 0) is 45.2 Å². The predicted octanol–water partition coefficient (Wildman–Crippen LogP) is 8.50. The van der Waals surface area contributed by atoms with E-state index in [0.717, 1.165) is 54.0 Å². The highest BCUT2D eigenvalue weighted by Gasteiger charge is 2.35. The average Bonchev–Trinajstić information content (AvgIpc) is 3.53. The summed E-state index contributed by atoms with van der Waals surface area (Å²) in [6.07, 6.45) is 3.19. The molecular weight excluding hydrogens is 664 g/mol. The second-order valence-electron chi connectivity index (χ2n) is 11.6. The summed E-state index contributed by atoms with van der Waals surface area (Å²) in [5.74, 6) is -0.692. The molecule has 50 heavy (non-hydrogen) atoms. The fourth-order valence-corrected chi connectivity index (χ4v) is 10.9. The number of nitrogens with zero attached hydrogens (tertiary/aromatic N) is 3. The summed E-state index contributed by atoms with van der Waals surface area (Å²) in [7, 11) is -2.83. The van der Waals surface area contributed by atoms with Gasteiger partial charge in [-0.1, -0.05) is 121 Å². The number of rotatable bonds is 10. The molecule has 0 amide bonds. The van der Waals surface area contributed by atoms with Gasteiger partial charge in [0.1, 0.15) is 21.1 Å². The van der Waals surface area contributed by atoms with E-state index >= 15 is 0 Å². The van der Waals surface area contributed by atoms with Gasteiger partial charge >= 0.3 is 11.9 Å². The van der Waals surface area contributed by atoms with Crippen molar-refractivity contribution in [2.24, 2.45) is 9.74 Å². The molecule has 1 aliphatic heterocycles. The number of hydrogen-bond acceptors (Lipinski definition) is 7. The molecule has 2 heterocycles. The number of hydrogen-bond donors (Lipinski definition) is 1. The minimum absolute atomic E-state index is 0.0608. The largest absolute Gasteiger partial charge is 0.462 e. The second kappa shape index (κ2) is 16.6. The molecule has 1 aliphatic rings. The first-order valence-corrected chi connectivity index (χ1v) is 19.6. The first kappa shape index (κ1) is 34.9. The monoisotopic (exact) mass is 704 g/mol. The Morgan fingerprint density at radius 1 is 0.660 bits per heavy atom. The molecule has 0 aliphatic carbocycles. The number of likely N-dealkylation sites (tertiary alicyclic amines) is 1. The van der Waals surface area contributed by atoms with E-state index in [2.05, 4.69) is 46.6 Å². The Morgan fingerprint density at radius 3 is 1.56 bits per heavy atom. The maximum Gasteiger partial charge on any atom is 0.342 e. The van der Waals surface area contributed by atoms with E-state index in [1.54, 1.807) is 13.8 Å². The van der Waals surface area contributed by atoms with Crippen molar-refractivity contribution < 1.29 is 19.1 Å². The maximum atomic E-state index is 14.0. The third-order valence-corrected chi connectivity index (χ3v) is 13.1. The van der Waals surface area contributed by atoms with E-state index in [1.807, 2.05) is 84.9 Å². The predicted molar refractivity (Wildman–Crippen MR) is 206 cm³/mol. The van der Waals surface area contributed by atoms with Crippen molar-refractivity contribution >= 4 is 67.9 Å². The molecule has 256 valence electrons. The Kier molecular flexibility index (Phi) is 11.6. The average molecular weight is 705 g/mol. The van der Waals surface area contributed by atoms with Crippen LogP contribution in [0, 0.1) is 0 Å². The van der Waals surface area contributed by atoms with Crippen LogP contribution in [0.4, 0.5) is 15.7 Å². The number of guanidine groups is 1. The van der Waals surface area contributed by atoms with Gasteiger partial charge in [-0.15, -0.1) is 0 Å². The van der Waals surface area contributed by atoms with Crippen LogP contribution in [0.5, 0.6) is 0 Å². The van der Waals surface area contributed by atoms with E-state index in [4.69, 9.17) is 19.2 Å². The van der Waals surface area contributed by atoms with E-state index < -0.39 is 19.0 Å². The minimum Gasteiger partial charge on any atom is -0.462 e. The number of esters is 2. The lowest BCUT2D eigenvalue weighted by molar-refractivity contribution is 0.0481. The Bertz CT molecular complexity index is 1870. The van der Waals surface area contributed by atoms with Crippen LogP contribution in [0.3, 0.4) is 0 Å². The first-order chi connectivity index (χ1) is 24.5. The van der Waals surface area contributed by atoms with E-state index in [9.17, 15) is 9.59 Å². The third kappa shape index (κ3) is 7.59. The molecule has 0 atom stereocenters. The van der Waals surface area contributed by atoms with Crippen molar-refractivity contribution in [1.82, 2.24) is 4.90 Å². The first-order valence-electron chi connectivity index (χ1n) is 17.0. The van der Waals surface area contributed by atoms with E-state index in [-0.39, 0.29) is 24.3 Å². The number of nitrogens with one attached hydrogen (secondary N) is 1. The van der Waals surface area contributed by atoms with Crippen molar-refractivity contribution in [3.8, 4) is 0 Å². The van der Waals surface area contributed by atoms with Gasteiger partial charge in [0.15, 0.2) is 0 Å². The molecule has 0 radical (unpaired) electrons. The number of carbonyl (C=O) groups is 2. The number of carbonyl (C=O) groups excluding carboxylic acids is 2. The number of piperidine rings is 1. The highest BCUT2D eigenvalue weighted by Crippen LogP contribution is 2.53. The standard InChI is InChI=1S/C40H41N4O4PS/c1-3-47-38(45)34-35(39(46)48-4-2)37(50-36(34)42-40(44-28-18-9-19-29-44)41-30-20-10-5-11-21-30)43-49(31-22-12-6-13-23-31,32-24-14-7-15-25-32)33-26-16-8-17-27-33/h5-8,10-17,20-27H,3-4,9,18-19,28-29H2,1-2H3,(H,41,42). The smallest absolute Gasteiger partial charge is 0.342 e. The molecule has 0 bridgehead atoms. The zero-order valence-electron chi connectivity index (χ0n) is 28.3. The molecule has 1 N–H and O–H groups in total. The zero-order chi connectivity index (χ0) is 34.8. The molecule has 0 unspecified atom stereocenters. The molecule has 8 nitrogen and oxygen atoms in total. The van der Waals surface area contributed by atoms with Gasteiger partial charge < -0.3 is 19.7 Å². The van der Waals surface area contributed by atoms with Crippen LogP contribution in [0.2, 0.25) is 0 Å². The summed E-state index contributed by atoms with van der Waals surface area (Å²) in [5.41, 5.74) is 0.994. The molecule has 4 aromatic carbocycles. The van der Waals surface area contributed by atoms with Gasteiger partial charge in [-0.2, -0.15) is 0 Å². The summed E-state index contributed by atoms with van der Waals surface area (Å²) >= 11 is 1.21. The molecule has 1 aromatic heterocycles. The Morgan fingerprint density at radius 2 is 1.10 bits per heavy atom. The molecular formula is C40H41N4O4PS. The van der Waals surface area contributed by atoms with Gasteiger partial charge in [-0.3, -0.25) is 0 Å². The van der Waals surface area contributed by atoms with E-state index in [1.165, 1.54) is 11.3 Å². The fraction of sp³-hybridized carbons (Fsp3) is 0.225. The molecule has 1 saturated heterocycles. The number of anilines is 1. The van der Waals surface area contributed by atoms with Gasteiger partial charge in [0, 0.05) is 34.7 Å². The topological polar surface area (TPSA) is 92.6 Å². The number of para-hydroxylation sites is 1. The number of thiophene rings is 1. The minimum atomic E-state index is -2.83. The van der Waals surface area contributed by atoms with Gasteiger partial charge in [0.2, 0.25) is 5.96 Å². The van der Waals surface area contributed by atoms with Crippen molar-refractivity contribution in [2.45, 2.75) is 33.1 Å². The van der Waals surface area contributed by atoms with Crippen molar-refractivity contribution in [3.63, 3.8) is 0 Å². The molecule has 5 aromatic rings. The Hall–Kier alpha value is -4.98. The lowest BCUT2D eigenvalue weighted by atomic mass is 10.1. The van der Waals surface area contributed by atoms with Crippen LogP contribution in [0.25, 0.3) is 0 Å². The fourth-order valence-electron chi connectivity index (χ4n) is 6.06. The molecule has 0 spiro atoms. The number of aliphatic imine (C=N–C) groups is 1. The van der Waals surface area contributed by atoms with Gasteiger partial charge in [0.25, 0.3) is 0 Å². The number of benzene rings is 4. The zero-order valence-corrected chi connectivity index (χ0v) is 30.0. The Labute approximate surface area is 297 Å². The van der Waals surface area contributed by atoms with Crippen LogP contribution in [-0.4, -0.2) is 49.1 Å². The quantitative estimate of drug-likeness (QED) is 0.0679. The van der Waals surface area contributed by atoms with Gasteiger partial charge in [0.05, 0.1) is 20.3 Å². The molecule has 0 saturated carbocycles. The van der Waals surface area contributed by atoms with Crippen molar-refractivity contribution in [3.05, 3.63) is 132 Å². The van der Waals surface area contributed by atoms with Crippen LogP contribution in [-0.2, 0) is 9.47 Å². The van der Waals surface area contributed by atoms with Crippen LogP contribution >= 0.6 is 18.4 Å². The molecule has 1 fully saturated rings. The van der Waals surface area contributed by atoms with Crippen molar-refractivity contribution in [1.29, 1.82) is 0 Å². The lowest BCUT2D eigenvalue weighted by Gasteiger charge is -2.30. The van der Waals surface area contributed by atoms with Crippen LogP contribution in [0.1, 0.15) is 53.8 Å².